The van der Waals surface area contributed by atoms with Crippen LogP contribution >= 0.6 is 0 Å². The van der Waals surface area contributed by atoms with Crippen LogP contribution in [0.4, 0.5) is 5.69 Å². The fraction of sp³-hybridized carbons (Fsp3) is 0.417. The highest BCUT2D eigenvalue weighted by atomic mass is 32.2. The van der Waals surface area contributed by atoms with Crippen LogP contribution in [0.1, 0.15) is 11.1 Å². The third-order valence-electron chi connectivity index (χ3n) is 2.70. The van der Waals surface area contributed by atoms with E-state index in [4.69, 9.17) is 0 Å². The van der Waals surface area contributed by atoms with Crippen LogP contribution in [0.15, 0.2) is 23.2 Å². The van der Waals surface area contributed by atoms with E-state index < -0.39 is 10.0 Å². The molecule has 5 nitrogen and oxygen atoms in total. The maximum Gasteiger partial charge on any atom is 0.229 e. The van der Waals surface area contributed by atoms with Gasteiger partial charge in [-0.2, -0.15) is 0 Å². The van der Waals surface area contributed by atoms with E-state index in [1.165, 1.54) is 0 Å². The number of rotatable bonds is 4. The molecule has 0 fully saturated rings. The molecule has 18 heavy (non-hydrogen) atoms. The molecular formula is C12H17N3O2S. The van der Waals surface area contributed by atoms with Crippen molar-refractivity contribution >= 4 is 21.5 Å². The molecule has 0 bridgehead atoms. The number of sulfonamides is 1. The fourth-order valence-corrected chi connectivity index (χ4v) is 2.54. The van der Waals surface area contributed by atoms with E-state index in [-0.39, 0.29) is 0 Å². The van der Waals surface area contributed by atoms with Gasteiger partial charge in [-0.05, 0) is 24.1 Å². The number of nitrogens with one attached hydrogen (secondary N) is 2. The van der Waals surface area contributed by atoms with Crippen molar-refractivity contribution in [3.8, 4) is 0 Å². The van der Waals surface area contributed by atoms with Crippen molar-refractivity contribution in [2.24, 2.45) is 4.99 Å². The predicted molar refractivity (Wildman–Crippen MR) is 73.7 cm³/mol. The highest BCUT2D eigenvalue weighted by Crippen LogP contribution is 2.18. The molecule has 0 unspecified atom stereocenters. The van der Waals surface area contributed by atoms with Gasteiger partial charge in [0, 0.05) is 13.0 Å². The monoisotopic (exact) mass is 267 g/mol. The van der Waals surface area contributed by atoms with E-state index in [2.05, 4.69) is 15.0 Å². The molecule has 98 valence electrons. The summed E-state index contributed by atoms with van der Waals surface area (Å²) in [5.41, 5.74) is 2.67. The number of amidine groups is 1. The van der Waals surface area contributed by atoms with Gasteiger partial charge in [0.05, 0.1) is 18.5 Å². The Hall–Kier alpha value is -1.56. The molecule has 1 aromatic carbocycles. The van der Waals surface area contributed by atoms with Crippen molar-refractivity contribution in [1.29, 1.82) is 0 Å². The first-order valence-electron chi connectivity index (χ1n) is 5.78. The molecule has 0 saturated carbocycles. The predicted octanol–water partition coefficient (Wildman–Crippen LogP) is 0.911. The molecule has 0 aliphatic carbocycles. The van der Waals surface area contributed by atoms with Gasteiger partial charge in [-0.1, -0.05) is 12.1 Å². The van der Waals surface area contributed by atoms with Crippen molar-refractivity contribution in [3.05, 3.63) is 29.3 Å². The molecule has 0 spiro atoms. The zero-order valence-corrected chi connectivity index (χ0v) is 11.3. The Labute approximate surface area is 107 Å². The Morgan fingerprint density at radius 2 is 2.22 bits per heavy atom. The average Bonchev–Trinajstić information content (AvgIpc) is 2.73. The quantitative estimate of drug-likeness (QED) is 0.852. The van der Waals surface area contributed by atoms with Gasteiger partial charge in [0.15, 0.2) is 0 Å². The standard InChI is InChI=1S/C12H17N3O2S/c1-9-7-10(8-12-13-5-6-14-12)3-4-11(9)15-18(2,16)17/h3-4,7,15H,5-6,8H2,1-2H3,(H,13,14). The summed E-state index contributed by atoms with van der Waals surface area (Å²) >= 11 is 0. The molecule has 1 aromatic rings. The van der Waals surface area contributed by atoms with Crippen LogP contribution in [0.2, 0.25) is 0 Å². The van der Waals surface area contributed by atoms with E-state index in [9.17, 15) is 8.42 Å². The van der Waals surface area contributed by atoms with Crippen LogP contribution in [-0.4, -0.2) is 33.6 Å². The molecule has 1 heterocycles. The summed E-state index contributed by atoms with van der Waals surface area (Å²) in [6, 6.07) is 5.69. The van der Waals surface area contributed by atoms with E-state index in [0.29, 0.717) is 5.69 Å². The third kappa shape index (κ3) is 3.46. The van der Waals surface area contributed by atoms with Crippen molar-refractivity contribution in [3.63, 3.8) is 0 Å². The Kier molecular flexibility index (Phi) is 3.56. The van der Waals surface area contributed by atoms with Gasteiger partial charge in [0.25, 0.3) is 0 Å². The zero-order chi connectivity index (χ0) is 13.2. The molecule has 1 aliphatic heterocycles. The first-order chi connectivity index (χ1) is 8.44. The molecule has 0 saturated heterocycles. The minimum Gasteiger partial charge on any atom is -0.372 e. The van der Waals surface area contributed by atoms with Gasteiger partial charge >= 0.3 is 0 Å². The highest BCUT2D eigenvalue weighted by molar-refractivity contribution is 7.92. The lowest BCUT2D eigenvalue weighted by atomic mass is 10.1. The summed E-state index contributed by atoms with van der Waals surface area (Å²) in [7, 11) is -3.22. The Morgan fingerprint density at radius 3 is 2.78 bits per heavy atom. The smallest absolute Gasteiger partial charge is 0.229 e. The van der Waals surface area contributed by atoms with Crippen LogP contribution in [0.25, 0.3) is 0 Å². The minimum absolute atomic E-state index is 0.627. The minimum atomic E-state index is -3.22. The number of anilines is 1. The number of aryl methyl sites for hydroxylation is 1. The zero-order valence-electron chi connectivity index (χ0n) is 10.5. The highest BCUT2D eigenvalue weighted by Gasteiger charge is 2.09. The number of aliphatic imine (C=N–C) groups is 1. The average molecular weight is 267 g/mol. The molecule has 6 heteroatoms. The van der Waals surface area contributed by atoms with Crippen molar-refractivity contribution in [1.82, 2.24) is 5.32 Å². The van der Waals surface area contributed by atoms with Crippen LogP contribution < -0.4 is 10.0 Å². The summed E-state index contributed by atoms with van der Waals surface area (Å²) in [6.45, 7) is 3.63. The fourth-order valence-electron chi connectivity index (χ4n) is 1.91. The normalized spacial score (nSPS) is 15.1. The summed E-state index contributed by atoms with van der Waals surface area (Å²) in [5, 5.41) is 3.22. The summed E-state index contributed by atoms with van der Waals surface area (Å²) in [4.78, 5) is 4.34. The summed E-state index contributed by atoms with van der Waals surface area (Å²) in [6.07, 6.45) is 1.91. The van der Waals surface area contributed by atoms with Crippen LogP contribution in [0.5, 0.6) is 0 Å². The molecule has 0 radical (unpaired) electrons. The number of hydrogen-bond acceptors (Lipinski definition) is 4. The molecule has 0 aromatic heterocycles. The maximum absolute atomic E-state index is 11.2. The largest absolute Gasteiger partial charge is 0.372 e. The maximum atomic E-state index is 11.2. The lowest BCUT2D eigenvalue weighted by Gasteiger charge is -2.10. The van der Waals surface area contributed by atoms with E-state index in [0.717, 1.165) is 42.7 Å². The lowest BCUT2D eigenvalue weighted by molar-refractivity contribution is 0.607. The van der Waals surface area contributed by atoms with Gasteiger partial charge in [-0.3, -0.25) is 9.71 Å². The van der Waals surface area contributed by atoms with Gasteiger partial charge in [-0.25, -0.2) is 8.42 Å². The molecule has 0 atom stereocenters. The molecule has 2 N–H and O–H groups in total. The first-order valence-corrected chi connectivity index (χ1v) is 7.68. The van der Waals surface area contributed by atoms with Gasteiger partial charge in [-0.15, -0.1) is 0 Å². The first kappa shape index (κ1) is 12.9. The lowest BCUT2D eigenvalue weighted by Crippen LogP contribution is -2.20. The van der Waals surface area contributed by atoms with Crippen molar-refractivity contribution in [2.75, 3.05) is 24.1 Å². The molecular weight excluding hydrogens is 250 g/mol. The third-order valence-corrected chi connectivity index (χ3v) is 3.29. The van der Waals surface area contributed by atoms with Crippen LogP contribution in [-0.2, 0) is 16.4 Å². The molecule has 2 rings (SSSR count). The summed E-state index contributed by atoms with van der Waals surface area (Å²) < 4.78 is 24.8. The topological polar surface area (TPSA) is 70.6 Å². The van der Waals surface area contributed by atoms with E-state index >= 15 is 0 Å². The summed E-state index contributed by atoms with van der Waals surface area (Å²) in [5.74, 6) is 0.998. The Morgan fingerprint density at radius 1 is 1.44 bits per heavy atom. The van der Waals surface area contributed by atoms with E-state index in [1.807, 2.05) is 19.1 Å². The molecule has 0 amide bonds. The second-order valence-electron chi connectivity index (χ2n) is 4.46. The Bertz CT molecular complexity index is 579. The second-order valence-corrected chi connectivity index (χ2v) is 6.20. The molecule has 1 aliphatic rings. The van der Waals surface area contributed by atoms with Crippen LogP contribution in [0.3, 0.4) is 0 Å². The van der Waals surface area contributed by atoms with Crippen molar-refractivity contribution < 1.29 is 8.42 Å². The van der Waals surface area contributed by atoms with E-state index in [1.54, 1.807) is 6.07 Å². The number of hydrogen-bond donors (Lipinski definition) is 2. The van der Waals surface area contributed by atoms with Gasteiger partial charge in [0.2, 0.25) is 10.0 Å². The second kappa shape index (κ2) is 4.97. The van der Waals surface area contributed by atoms with Crippen molar-refractivity contribution in [2.45, 2.75) is 13.3 Å². The van der Waals surface area contributed by atoms with Gasteiger partial charge < -0.3 is 5.32 Å². The number of nitrogens with zero attached hydrogens (tertiary/aromatic N) is 1. The van der Waals surface area contributed by atoms with Gasteiger partial charge in [0.1, 0.15) is 5.84 Å². The Balaban J connectivity index is 2.14. The number of benzene rings is 1. The SMILES string of the molecule is Cc1cc(CC2=NCCN2)ccc1NS(C)(=O)=O. The van der Waals surface area contributed by atoms with Crippen LogP contribution in [0, 0.1) is 6.92 Å².